The maximum absolute atomic E-state index is 12.8. The van der Waals surface area contributed by atoms with Gasteiger partial charge in [0.25, 0.3) is 0 Å². The van der Waals surface area contributed by atoms with Gasteiger partial charge in [-0.3, -0.25) is 0 Å². The maximum Gasteiger partial charge on any atom is 0.344 e. The molecule has 0 radical (unpaired) electrons. The minimum absolute atomic E-state index is 0.277. The van der Waals surface area contributed by atoms with Crippen molar-refractivity contribution < 1.29 is 9.53 Å². The SMILES string of the molecule is C=C1c2sc(SC)nc2C(C(=O)OCC)=C(Nc2ccc(I)cc2Cl)N1C. The van der Waals surface area contributed by atoms with Crippen LogP contribution in [0.25, 0.3) is 11.3 Å². The lowest BCUT2D eigenvalue weighted by Crippen LogP contribution is -2.29. The van der Waals surface area contributed by atoms with E-state index in [0.29, 0.717) is 27.8 Å². The Morgan fingerprint density at radius 1 is 1.52 bits per heavy atom. The number of esters is 1. The number of anilines is 1. The number of thiazole rings is 1. The van der Waals surface area contributed by atoms with E-state index in [1.54, 1.807) is 6.92 Å². The highest BCUT2D eigenvalue weighted by molar-refractivity contribution is 14.1. The Kier molecular flexibility index (Phi) is 6.39. The van der Waals surface area contributed by atoms with Gasteiger partial charge in [0.15, 0.2) is 4.34 Å². The molecule has 0 unspecified atom stereocenters. The van der Waals surface area contributed by atoms with E-state index in [1.165, 1.54) is 23.1 Å². The number of benzene rings is 1. The van der Waals surface area contributed by atoms with E-state index < -0.39 is 5.97 Å². The van der Waals surface area contributed by atoms with E-state index >= 15 is 0 Å². The molecule has 0 spiro atoms. The molecule has 0 saturated carbocycles. The standard InChI is InChI=1S/C18H17ClIN3O2S2/c1-5-25-17(24)13-14-15(27-18(22-14)26-4)9(2)23(3)16(13)21-12-7-6-10(20)8-11(12)19/h6-8,21H,2,5H2,1,3-4H3. The second-order valence-electron chi connectivity index (χ2n) is 5.56. The third-order valence-electron chi connectivity index (χ3n) is 3.92. The molecule has 2 aromatic rings. The van der Waals surface area contributed by atoms with Gasteiger partial charge in [-0.15, -0.1) is 11.3 Å². The largest absolute Gasteiger partial charge is 0.462 e. The van der Waals surface area contributed by atoms with Crippen molar-refractivity contribution in [2.45, 2.75) is 11.3 Å². The van der Waals surface area contributed by atoms with Crippen molar-refractivity contribution in [3.63, 3.8) is 0 Å². The first-order valence-electron chi connectivity index (χ1n) is 7.99. The Hall–Kier alpha value is -1.23. The molecule has 0 aliphatic carbocycles. The summed E-state index contributed by atoms with van der Waals surface area (Å²) < 4.78 is 7.20. The summed E-state index contributed by atoms with van der Waals surface area (Å²) in [5, 5.41) is 3.84. The highest BCUT2D eigenvalue weighted by Crippen LogP contribution is 2.42. The summed E-state index contributed by atoms with van der Waals surface area (Å²) in [5.41, 5.74) is 2.43. The zero-order valence-electron chi connectivity index (χ0n) is 14.9. The van der Waals surface area contributed by atoms with Crippen LogP contribution in [0.5, 0.6) is 0 Å². The summed E-state index contributed by atoms with van der Waals surface area (Å²) in [6.07, 6.45) is 1.95. The van der Waals surface area contributed by atoms with Crippen LogP contribution < -0.4 is 5.32 Å². The summed E-state index contributed by atoms with van der Waals surface area (Å²) in [6, 6.07) is 5.67. The topological polar surface area (TPSA) is 54.5 Å². The summed E-state index contributed by atoms with van der Waals surface area (Å²) in [6.45, 7) is 6.24. The first-order chi connectivity index (χ1) is 12.9. The van der Waals surface area contributed by atoms with Crippen LogP contribution >= 0.6 is 57.3 Å². The average molecular weight is 534 g/mol. The molecule has 1 N–H and O–H groups in total. The van der Waals surface area contributed by atoms with Crippen molar-refractivity contribution in [2.75, 3.05) is 25.2 Å². The van der Waals surface area contributed by atoms with Gasteiger partial charge in [-0.05, 0) is 54.0 Å². The van der Waals surface area contributed by atoms with Crippen LogP contribution in [0.3, 0.4) is 0 Å². The summed E-state index contributed by atoms with van der Waals surface area (Å²) in [4.78, 5) is 20.1. The molecule has 0 atom stereocenters. The number of carbonyl (C=O) groups excluding carboxylic acids is 1. The van der Waals surface area contributed by atoms with Crippen LogP contribution in [0.1, 0.15) is 17.5 Å². The van der Waals surface area contributed by atoms with E-state index in [4.69, 9.17) is 16.3 Å². The van der Waals surface area contributed by atoms with Crippen LogP contribution in [0.4, 0.5) is 5.69 Å². The summed E-state index contributed by atoms with van der Waals surface area (Å²) in [7, 11) is 1.85. The highest BCUT2D eigenvalue weighted by atomic mass is 127. The van der Waals surface area contributed by atoms with Gasteiger partial charge in [0.1, 0.15) is 17.1 Å². The van der Waals surface area contributed by atoms with E-state index in [9.17, 15) is 4.79 Å². The zero-order chi connectivity index (χ0) is 19.7. The van der Waals surface area contributed by atoms with Crippen LogP contribution in [-0.4, -0.2) is 35.8 Å². The van der Waals surface area contributed by atoms with Crippen molar-refractivity contribution in [3.8, 4) is 0 Å². The van der Waals surface area contributed by atoms with Gasteiger partial charge in [0.2, 0.25) is 0 Å². The monoisotopic (exact) mass is 533 g/mol. The van der Waals surface area contributed by atoms with E-state index in [-0.39, 0.29) is 6.61 Å². The molecule has 1 aromatic heterocycles. The second kappa shape index (κ2) is 8.42. The first kappa shape index (κ1) is 20.5. The minimum Gasteiger partial charge on any atom is -0.462 e. The fourth-order valence-corrected chi connectivity index (χ4v) is 5.06. The van der Waals surface area contributed by atoms with Gasteiger partial charge in [0, 0.05) is 10.6 Å². The normalized spacial score (nSPS) is 13.7. The fraction of sp³-hybridized carbons (Fsp3) is 0.222. The molecular formula is C18H17ClIN3O2S2. The Labute approximate surface area is 185 Å². The average Bonchev–Trinajstić information content (AvgIpc) is 3.06. The van der Waals surface area contributed by atoms with Gasteiger partial charge in [-0.1, -0.05) is 29.9 Å². The third-order valence-corrected chi connectivity index (χ3v) is 7.00. The second-order valence-corrected chi connectivity index (χ2v) is 9.27. The minimum atomic E-state index is -0.430. The van der Waals surface area contributed by atoms with Gasteiger partial charge >= 0.3 is 5.97 Å². The number of nitrogens with zero attached hydrogens (tertiary/aromatic N) is 2. The number of hydrogen-bond acceptors (Lipinski definition) is 7. The predicted molar refractivity (Wildman–Crippen MR) is 122 cm³/mol. The zero-order valence-corrected chi connectivity index (χ0v) is 19.5. The molecule has 0 bridgehead atoms. The Morgan fingerprint density at radius 2 is 2.26 bits per heavy atom. The molecule has 3 rings (SSSR count). The van der Waals surface area contributed by atoms with Crippen LogP contribution in [-0.2, 0) is 9.53 Å². The van der Waals surface area contributed by atoms with Crippen molar-refractivity contribution in [2.24, 2.45) is 0 Å². The third kappa shape index (κ3) is 3.98. The van der Waals surface area contributed by atoms with Gasteiger partial charge < -0.3 is 15.0 Å². The number of rotatable bonds is 5. The number of hydrogen-bond donors (Lipinski definition) is 1. The lowest BCUT2D eigenvalue weighted by molar-refractivity contribution is -0.136. The van der Waals surface area contributed by atoms with E-state index in [0.717, 1.165) is 18.5 Å². The summed E-state index contributed by atoms with van der Waals surface area (Å²) in [5.74, 6) is 0.118. The van der Waals surface area contributed by atoms with Crippen LogP contribution in [0.15, 0.2) is 34.9 Å². The number of nitrogens with one attached hydrogen (secondary N) is 1. The fourth-order valence-electron chi connectivity index (χ4n) is 2.58. The Balaban J connectivity index is 2.18. The quantitative estimate of drug-likeness (QED) is 0.316. The predicted octanol–water partition coefficient (Wildman–Crippen LogP) is 5.38. The van der Waals surface area contributed by atoms with Crippen molar-refractivity contribution in [1.29, 1.82) is 0 Å². The summed E-state index contributed by atoms with van der Waals surface area (Å²) >= 11 is 11.6. The number of fused-ring (bicyclic) bond motifs is 1. The molecule has 0 saturated heterocycles. The number of aromatic nitrogens is 1. The molecule has 5 nitrogen and oxygen atoms in total. The van der Waals surface area contributed by atoms with E-state index in [2.05, 4.69) is 39.5 Å². The van der Waals surface area contributed by atoms with Crippen LogP contribution in [0, 0.1) is 3.57 Å². The molecule has 0 fully saturated rings. The maximum atomic E-state index is 12.8. The number of halogens is 2. The lowest BCUT2D eigenvalue weighted by atomic mass is 10.1. The molecule has 1 aromatic carbocycles. The number of ether oxygens (including phenoxy) is 1. The van der Waals surface area contributed by atoms with Gasteiger partial charge in [-0.2, -0.15) is 0 Å². The van der Waals surface area contributed by atoms with Crippen molar-refractivity contribution in [3.05, 3.63) is 49.8 Å². The van der Waals surface area contributed by atoms with Crippen molar-refractivity contribution >= 4 is 80.2 Å². The smallest absolute Gasteiger partial charge is 0.344 e. The van der Waals surface area contributed by atoms with Gasteiger partial charge in [0.05, 0.1) is 27.9 Å². The molecule has 1 aliphatic rings. The molecule has 2 heterocycles. The molecule has 0 amide bonds. The Bertz CT molecular complexity index is 958. The molecule has 142 valence electrons. The molecule has 1 aliphatic heterocycles. The molecule has 27 heavy (non-hydrogen) atoms. The number of thioether (sulfide) groups is 1. The van der Waals surface area contributed by atoms with Gasteiger partial charge in [-0.25, -0.2) is 9.78 Å². The lowest BCUT2D eigenvalue weighted by Gasteiger charge is -2.31. The van der Waals surface area contributed by atoms with Crippen LogP contribution in [0.2, 0.25) is 5.02 Å². The highest BCUT2D eigenvalue weighted by Gasteiger charge is 2.34. The number of carbonyl (C=O) groups is 1. The molecular weight excluding hydrogens is 517 g/mol. The molecule has 9 heteroatoms. The van der Waals surface area contributed by atoms with Crippen molar-refractivity contribution in [1.82, 2.24) is 9.88 Å². The Morgan fingerprint density at radius 3 is 2.89 bits per heavy atom. The first-order valence-corrected chi connectivity index (χ1v) is 11.5. The van der Waals surface area contributed by atoms with E-state index in [1.807, 2.05) is 36.4 Å².